The molecule has 0 aliphatic rings. The van der Waals surface area contributed by atoms with Crippen molar-refractivity contribution in [2.75, 3.05) is 12.8 Å². The standard InChI is InChI=1S/C23H31NO4S/c1-5-22(20-9-7-6-8-10-20)23(25)24(16-15-18(2)3)17-19-11-13-21(14-12-19)28-29(4,26)27/h6-14,18,22H,5,15-17H2,1-4H3. The Morgan fingerprint density at radius 3 is 2.17 bits per heavy atom. The van der Waals surface area contributed by atoms with Gasteiger partial charge in [0.25, 0.3) is 0 Å². The highest BCUT2D eigenvalue weighted by Crippen LogP contribution is 2.24. The van der Waals surface area contributed by atoms with Crippen molar-refractivity contribution in [1.82, 2.24) is 4.90 Å². The van der Waals surface area contributed by atoms with Crippen LogP contribution >= 0.6 is 0 Å². The lowest BCUT2D eigenvalue weighted by Crippen LogP contribution is -2.36. The minimum absolute atomic E-state index is 0.121. The van der Waals surface area contributed by atoms with Crippen LogP contribution in [-0.4, -0.2) is 32.0 Å². The Balaban J connectivity index is 2.19. The fraction of sp³-hybridized carbons (Fsp3) is 0.435. The molecule has 5 nitrogen and oxygen atoms in total. The molecule has 6 heteroatoms. The van der Waals surface area contributed by atoms with Crippen molar-refractivity contribution in [3.63, 3.8) is 0 Å². The Hall–Kier alpha value is -2.34. The van der Waals surface area contributed by atoms with Crippen LogP contribution in [0.1, 0.15) is 50.7 Å². The zero-order chi connectivity index (χ0) is 21.4. The molecular weight excluding hydrogens is 386 g/mol. The first-order valence-corrected chi connectivity index (χ1v) is 11.8. The van der Waals surface area contributed by atoms with Gasteiger partial charge in [-0.2, -0.15) is 8.42 Å². The largest absolute Gasteiger partial charge is 0.383 e. The molecule has 0 radical (unpaired) electrons. The number of hydrogen-bond donors (Lipinski definition) is 0. The predicted octanol–water partition coefficient (Wildman–Crippen LogP) is 4.59. The van der Waals surface area contributed by atoms with Gasteiger partial charge in [0, 0.05) is 13.1 Å². The first-order chi connectivity index (χ1) is 13.7. The highest BCUT2D eigenvalue weighted by molar-refractivity contribution is 7.86. The predicted molar refractivity (Wildman–Crippen MR) is 116 cm³/mol. The lowest BCUT2D eigenvalue weighted by atomic mass is 9.94. The minimum Gasteiger partial charge on any atom is -0.383 e. The maximum absolute atomic E-state index is 13.4. The first kappa shape index (κ1) is 22.9. The van der Waals surface area contributed by atoms with E-state index in [1.165, 1.54) is 0 Å². The summed E-state index contributed by atoms with van der Waals surface area (Å²) in [7, 11) is -3.55. The summed E-state index contributed by atoms with van der Waals surface area (Å²) < 4.78 is 27.4. The van der Waals surface area contributed by atoms with Gasteiger partial charge < -0.3 is 9.08 Å². The molecule has 1 unspecified atom stereocenters. The Kier molecular flexibility index (Phi) is 8.26. The number of nitrogens with zero attached hydrogens (tertiary/aromatic N) is 1. The lowest BCUT2D eigenvalue weighted by molar-refractivity contribution is -0.133. The van der Waals surface area contributed by atoms with Gasteiger partial charge in [0.2, 0.25) is 5.91 Å². The summed E-state index contributed by atoms with van der Waals surface area (Å²) in [6.07, 6.45) is 2.68. The van der Waals surface area contributed by atoms with Crippen molar-refractivity contribution < 1.29 is 17.4 Å². The van der Waals surface area contributed by atoms with Gasteiger partial charge in [0.15, 0.2) is 0 Å². The molecular formula is C23H31NO4S. The van der Waals surface area contributed by atoms with Crippen molar-refractivity contribution in [2.45, 2.75) is 46.1 Å². The Labute approximate surface area is 174 Å². The topological polar surface area (TPSA) is 63.7 Å². The van der Waals surface area contributed by atoms with Crippen molar-refractivity contribution >= 4 is 16.0 Å². The van der Waals surface area contributed by atoms with Crippen LogP contribution in [0.5, 0.6) is 5.75 Å². The monoisotopic (exact) mass is 417 g/mol. The average molecular weight is 418 g/mol. The number of carbonyl (C=O) groups excluding carboxylic acids is 1. The van der Waals surface area contributed by atoms with Gasteiger partial charge in [0.05, 0.1) is 12.2 Å². The second kappa shape index (κ2) is 10.4. The van der Waals surface area contributed by atoms with E-state index >= 15 is 0 Å². The summed E-state index contributed by atoms with van der Waals surface area (Å²) in [5.74, 6) is 0.715. The van der Waals surface area contributed by atoms with Gasteiger partial charge in [-0.3, -0.25) is 4.79 Å². The zero-order valence-corrected chi connectivity index (χ0v) is 18.5. The molecule has 0 aliphatic heterocycles. The molecule has 0 aliphatic carbocycles. The highest BCUT2D eigenvalue weighted by atomic mass is 32.2. The van der Waals surface area contributed by atoms with Crippen molar-refractivity contribution in [2.24, 2.45) is 5.92 Å². The van der Waals surface area contributed by atoms with Crippen LogP contribution in [0.15, 0.2) is 54.6 Å². The number of rotatable bonds is 10. The van der Waals surface area contributed by atoms with E-state index < -0.39 is 10.1 Å². The van der Waals surface area contributed by atoms with Crippen LogP contribution in [0.25, 0.3) is 0 Å². The fourth-order valence-corrected chi connectivity index (χ4v) is 3.65. The number of benzene rings is 2. The maximum atomic E-state index is 13.4. The van der Waals surface area contributed by atoms with Crippen molar-refractivity contribution in [1.29, 1.82) is 0 Å². The summed E-state index contributed by atoms with van der Waals surface area (Å²) in [4.78, 5) is 15.3. The van der Waals surface area contributed by atoms with E-state index in [0.717, 1.165) is 30.2 Å². The molecule has 0 fully saturated rings. The molecule has 0 heterocycles. The van der Waals surface area contributed by atoms with Gasteiger partial charge in [-0.25, -0.2) is 0 Å². The Morgan fingerprint density at radius 1 is 1.03 bits per heavy atom. The summed E-state index contributed by atoms with van der Waals surface area (Å²) in [5.41, 5.74) is 1.97. The molecule has 0 saturated carbocycles. The Morgan fingerprint density at radius 2 is 1.66 bits per heavy atom. The van der Waals surface area contributed by atoms with Crippen LogP contribution in [0, 0.1) is 5.92 Å². The minimum atomic E-state index is -3.55. The number of carbonyl (C=O) groups is 1. The van der Waals surface area contributed by atoms with E-state index in [9.17, 15) is 13.2 Å². The second-order valence-electron chi connectivity index (χ2n) is 7.75. The van der Waals surface area contributed by atoms with Gasteiger partial charge in [-0.1, -0.05) is 63.2 Å². The quantitative estimate of drug-likeness (QED) is 0.530. The SMILES string of the molecule is CCC(C(=O)N(CCC(C)C)Cc1ccc(OS(C)(=O)=O)cc1)c1ccccc1. The molecule has 0 aromatic heterocycles. The van der Waals surface area contributed by atoms with Gasteiger partial charge >= 0.3 is 10.1 Å². The molecule has 2 rings (SSSR count). The molecule has 0 spiro atoms. The van der Waals surface area contributed by atoms with Crippen LogP contribution in [0.3, 0.4) is 0 Å². The fourth-order valence-electron chi connectivity index (χ4n) is 3.19. The normalized spacial score (nSPS) is 12.6. The number of hydrogen-bond acceptors (Lipinski definition) is 4. The molecule has 0 saturated heterocycles. The molecule has 2 aromatic carbocycles. The maximum Gasteiger partial charge on any atom is 0.306 e. The van der Waals surface area contributed by atoms with Crippen LogP contribution in [0.2, 0.25) is 0 Å². The first-order valence-electron chi connectivity index (χ1n) is 10.0. The van der Waals surface area contributed by atoms with E-state index in [1.807, 2.05) is 42.2 Å². The molecule has 29 heavy (non-hydrogen) atoms. The second-order valence-corrected chi connectivity index (χ2v) is 9.32. The molecule has 1 amide bonds. The van der Waals surface area contributed by atoms with Crippen molar-refractivity contribution in [3.05, 3.63) is 65.7 Å². The molecule has 2 aromatic rings. The molecule has 0 N–H and O–H groups in total. The molecule has 0 bridgehead atoms. The Bertz CT molecular complexity index is 877. The summed E-state index contributed by atoms with van der Waals surface area (Å²) in [6, 6.07) is 16.7. The third-order valence-corrected chi connectivity index (χ3v) is 5.24. The van der Waals surface area contributed by atoms with E-state index in [1.54, 1.807) is 24.3 Å². The molecule has 1 atom stereocenters. The van der Waals surface area contributed by atoms with E-state index in [2.05, 4.69) is 13.8 Å². The van der Waals surface area contributed by atoms with Crippen molar-refractivity contribution in [3.8, 4) is 5.75 Å². The highest BCUT2D eigenvalue weighted by Gasteiger charge is 2.24. The van der Waals surface area contributed by atoms with Crippen LogP contribution < -0.4 is 4.18 Å². The summed E-state index contributed by atoms with van der Waals surface area (Å²) in [6.45, 7) is 7.49. The van der Waals surface area contributed by atoms with E-state index in [4.69, 9.17) is 4.18 Å². The third kappa shape index (κ3) is 7.54. The van der Waals surface area contributed by atoms with E-state index in [-0.39, 0.29) is 17.6 Å². The van der Waals surface area contributed by atoms with Gasteiger partial charge in [-0.15, -0.1) is 0 Å². The summed E-state index contributed by atoms with van der Waals surface area (Å²) >= 11 is 0. The smallest absolute Gasteiger partial charge is 0.306 e. The summed E-state index contributed by atoms with van der Waals surface area (Å²) in [5, 5.41) is 0. The molecule has 158 valence electrons. The van der Waals surface area contributed by atoms with E-state index in [0.29, 0.717) is 19.0 Å². The van der Waals surface area contributed by atoms with Gasteiger partial charge in [0.1, 0.15) is 5.75 Å². The average Bonchev–Trinajstić information content (AvgIpc) is 2.66. The number of amides is 1. The van der Waals surface area contributed by atoms with Crippen LogP contribution in [0.4, 0.5) is 0 Å². The third-order valence-electron chi connectivity index (χ3n) is 4.74. The zero-order valence-electron chi connectivity index (χ0n) is 17.7. The lowest BCUT2D eigenvalue weighted by Gasteiger charge is -2.28. The van der Waals surface area contributed by atoms with Gasteiger partial charge in [-0.05, 0) is 42.0 Å². The van der Waals surface area contributed by atoms with Crippen LogP contribution in [-0.2, 0) is 21.5 Å².